The topological polar surface area (TPSA) is 58.4 Å². The van der Waals surface area contributed by atoms with Crippen molar-refractivity contribution in [2.45, 2.75) is 31.8 Å². The van der Waals surface area contributed by atoms with E-state index in [9.17, 15) is 4.79 Å². The van der Waals surface area contributed by atoms with E-state index < -0.39 is 5.91 Å². The average molecular weight is 358 g/mol. The number of likely N-dealkylation sites (tertiary alicyclic amines) is 1. The number of carbonyl (C=O) groups excluding carboxylic acids is 1. The van der Waals surface area contributed by atoms with Crippen LogP contribution >= 0.6 is 11.6 Å². The SMILES string of the molecule is NC(=O)c1ccc(NC2CCCN(Cc3ccccc3)CC2)c(Cl)c1. The van der Waals surface area contributed by atoms with Crippen LogP contribution in [-0.2, 0) is 6.54 Å². The lowest BCUT2D eigenvalue weighted by atomic mass is 10.1. The zero-order valence-electron chi connectivity index (χ0n) is 14.2. The summed E-state index contributed by atoms with van der Waals surface area (Å²) in [7, 11) is 0. The predicted molar refractivity (Wildman–Crippen MR) is 103 cm³/mol. The first kappa shape index (κ1) is 17.8. The largest absolute Gasteiger partial charge is 0.381 e. The van der Waals surface area contributed by atoms with Crippen LogP contribution in [0.15, 0.2) is 48.5 Å². The lowest BCUT2D eigenvalue weighted by molar-refractivity contribution is 0.100. The first-order chi connectivity index (χ1) is 12.1. The number of hydrogen-bond donors (Lipinski definition) is 2. The first-order valence-corrected chi connectivity index (χ1v) is 9.12. The molecule has 1 aliphatic heterocycles. The van der Waals surface area contributed by atoms with Gasteiger partial charge in [-0.05, 0) is 49.6 Å². The summed E-state index contributed by atoms with van der Waals surface area (Å²) in [5, 5.41) is 4.07. The molecule has 1 aliphatic rings. The van der Waals surface area contributed by atoms with E-state index in [2.05, 4.69) is 40.5 Å². The normalized spacial score (nSPS) is 18.5. The van der Waals surface area contributed by atoms with Crippen LogP contribution in [0.2, 0.25) is 5.02 Å². The zero-order valence-corrected chi connectivity index (χ0v) is 15.0. The van der Waals surface area contributed by atoms with Crippen LogP contribution in [-0.4, -0.2) is 29.9 Å². The Kier molecular flexibility index (Phi) is 5.95. The zero-order chi connectivity index (χ0) is 17.6. The number of carbonyl (C=O) groups is 1. The second-order valence-corrected chi connectivity index (χ2v) is 7.00. The van der Waals surface area contributed by atoms with Crippen LogP contribution in [0.25, 0.3) is 0 Å². The van der Waals surface area contributed by atoms with Crippen molar-refractivity contribution in [1.82, 2.24) is 4.90 Å². The van der Waals surface area contributed by atoms with Crippen LogP contribution in [0.1, 0.15) is 35.2 Å². The molecule has 0 saturated carbocycles. The van der Waals surface area contributed by atoms with E-state index in [1.165, 1.54) is 5.56 Å². The van der Waals surface area contributed by atoms with Gasteiger partial charge in [0, 0.05) is 24.7 Å². The number of nitrogens with zero attached hydrogens (tertiary/aromatic N) is 1. The van der Waals surface area contributed by atoms with Crippen LogP contribution in [0.3, 0.4) is 0 Å². The second kappa shape index (κ2) is 8.37. The molecule has 4 nitrogen and oxygen atoms in total. The van der Waals surface area contributed by atoms with Crippen LogP contribution in [0.4, 0.5) is 5.69 Å². The number of anilines is 1. The predicted octanol–water partition coefficient (Wildman–Crippen LogP) is 3.91. The molecule has 5 heteroatoms. The van der Waals surface area contributed by atoms with Crippen LogP contribution in [0.5, 0.6) is 0 Å². The summed E-state index contributed by atoms with van der Waals surface area (Å²) in [6.07, 6.45) is 3.33. The van der Waals surface area contributed by atoms with E-state index >= 15 is 0 Å². The van der Waals surface area contributed by atoms with Crippen molar-refractivity contribution in [2.75, 3.05) is 18.4 Å². The molecule has 1 atom stereocenters. The second-order valence-electron chi connectivity index (χ2n) is 6.59. The summed E-state index contributed by atoms with van der Waals surface area (Å²) in [6, 6.07) is 16.2. The van der Waals surface area contributed by atoms with Gasteiger partial charge in [0.25, 0.3) is 0 Å². The molecule has 0 spiro atoms. The number of primary amides is 1. The number of nitrogens with one attached hydrogen (secondary N) is 1. The molecule has 1 heterocycles. The van der Waals surface area contributed by atoms with Crippen LogP contribution in [0, 0.1) is 0 Å². The van der Waals surface area contributed by atoms with Crippen molar-refractivity contribution in [3.8, 4) is 0 Å². The third-order valence-corrected chi connectivity index (χ3v) is 5.00. The fourth-order valence-corrected chi connectivity index (χ4v) is 3.54. The Morgan fingerprint density at radius 2 is 1.96 bits per heavy atom. The molecule has 25 heavy (non-hydrogen) atoms. The van der Waals surface area contributed by atoms with Crippen molar-refractivity contribution in [3.63, 3.8) is 0 Å². The third-order valence-electron chi connectivity index (χ3n) is 4.68. The Morgan fingerprint density at radius 3 is 2.68 bits per heavy atom. The van der Waals surface area contributed by atoms with Gasteiger partial charge in [-0.2, -0.15) is 0 Å². The summed E-state index contributed by atoms with van der Waals surface area (Å²) in [5.74, 6) is -0.459. The maximum absolute atomic E-state index is 11.2. The molecule has 3 N–H and O–H groups in total. The van der Waals surface area contributed by atoms with Crippen molar-refractivity contribution in [2.24, 2.45) is 5.73 Å². The molecule has 1 saturated heterocycles. The molecule has 0 radical (unpaired) electrons. The van der Waals surface area contributed by atoms with Gasteiger partial charge in [-0.1, -0.05) is 41.9 Å². The van der Waals surface area contributed by atoms with Gasteiger partial charge < -0.3 is 11.1 Å². The van der Waals surface area contributed by atoms with Gasteiger partial charge in [-0.15, -0.1) is 0 Å². The lowest BCUT2D eigenvalue weighted by Gasteiger charge is -2.21. The fourth-order valence-electron chi connectivity index (χ4n) is 3.31. The van der Waals surface area contributed by atoms with E-state index in [1.807, 2.05) is 6.07 Å². The van der Waals surface area contributed by atoms with Gasteiger partial charge in [0.1, 0.15) is 0 Å². The molecule has 1 amide bonds. The van der Waals surface area contributed by atoms with Crippen LogP contribution < -0.4 is 11.1 Å². The van der Waals surface area contributed by atoms with E-state index in [1.54, 1.807) is 12.1 Å². The van der Waals surface area contributed by atoms with E-state index in [0.29, 0.717) is 16.6 Å². The highest BCUT2D eigenvalue weighted by Gasteiger charge is 2.18. The van der Waals surface area contributed by atoms with Gasteiger partial charge in [-0.3, -0.25) is 9.69 Å². The Labute approximate surface area is 154 Å². The Hall–Kier alpha value is -2.04. The summed E-state index contributed by atoms with van der Waals surface area (Å²) >= 11 is 6.29. The van der Waals surface area contributed by atoms with E-state index in [0.717, 1.165) is 44.6 Å². The van der Waals surface area contributed by atoms with Gasteiger partial charge in [-0.25, -0.2) is 0 Å². The number of rotatable bonds is 5. The summed E-state index contributed by atoms with van der Waals surface area (Å²) < 4.78 is 0. The maximum atomic E-state index is 11.2. The molecule has 3 rings (SSSR count). The monoisotopic (exact) mass is 357 g/mol. The molecule has 0 bridgehead atoms. The van der Waals surface area contributed by atoms with Crippen molar-refractivity contribution in [1.29, 1.82) is 0 Å². The molecule has 1 unspecified atom stereocenters. The first-order valence-electron chi connectivity index (χ1n) is 8.74. The third kappa shape index (κ3) is 4.97. The van der Waals surface area contributed by atoms with Crippen molar-refractivity contribution >= 4 is 23.2 Å². The quantitative estimate of drug-likeness (QED) is 0.853. The minimum Gasteiger partial charge on any atom is -0.381 e. The summed E-state index contributed by atoms with van der Waals surface area (Å²) in [4.78, 5) is 13.7. The molecule has 0 aliphatic carbocycles. The Bertz CT molecular complexity index is 720. The minimum atomic E-state index is -0.459. The Morgan fingerprint density at radius 1 is 1.16 bits per heavy atom. The van der Waals surface area contributed by atoms with Gasteiger partial charge in [0.15, 0.2) is 0 Å². The number of nitrogens with two attached hydrogens (primary N) is 1. The average Bonchev–Trinajstić information content (AvgIpc) is 2.83. The smallest absolute Gasteiger partial charge is 0.248 e. The molecular formula is C20H24ClN3O. The number of benzene rings is 2. The standard InChI is InChI=1S/C20H24ClN3O/c21-18-13-16(20(22)25)8-9-19(18)23-17-7-4-11-24(12-10-17)14-15-5-2-1-3-6-15/h1-3,5-6,8-9,13,17,23H,4,7,10-12,14H2,(H2,22,25). The number of hydrogen-bond acceptors (Lipinski definition) is 3. The Balaban J connectivity index is 1.57. The van der Waals surface area contributed by atoms with Gasteiger partial charge >= 0.3 is 0 Å². The fraction of sp³-hybridized carbons (Fsp3) is 0.350. The maximum Gasteiger partial charge on any atom is 0.248 e. The van der Waals surface area contributed by atoms with E-state index in [-0.39, 0.29) is 0 Å². The number of halogens is 1. The highest BCUT2D eigenvalue weighted by Crippen LogP contribution is 2.26. The van der Waals surface area contributed by atoms with E-state index in [4.69, 9.17) is 17.3 Å². The summed E-state index contributed by atoms with van der Waals surface area (Å²) in [6.45, 7) is 3.17. The molecule has 132 valence electrons. The van der Waals surface area contributed by atoms with Gasteiger partial charge in [0.2, 0.25) is 5.91 Å². The highest BCUT2D eigenvalue weighted by molar-refractivity contribution is 6.33. The molecule has 0 aromatic heterocycles. The molecule has 2 aromatic rings. The van der Waals surface area contributed by atoms with Gasteiger partial charge in [0.05, 0.1) is 10.7 Å². The summed E-state index contributed by atoms with van der Waals surface area (Å²) in [5.41, 5.74) is 7.96. The number of amides is 1. The minimum absolute atomic E-state index is 0.387. The highest BCUT2D eigenvalue weighted by atomic mass is 35.5. The lowest BCUT2D eigenvalue weighted by Crippen LogP contribution is -2.26. The molecule has 1 fully saturated rings. The van der Waals surface area contributed by atoms with Crippen molar-refractivity contribution < 1.29 is 4.79 Å². The molecule has 2 aromatic carbocycles. The van der Waals surface area contributed by atoms with Crippen molar-refractivity contribution in [3.05, 3.63) is 64.7 Å². The molecular weight excluding hydrogens is 334 g/mol.